The van der Waals surface area contributed by atoms with E-state index in [0.29, 0.717) is 12.1 Å². The number of nitrogens with one attached hydrogen (secondary N) is 1. The number of carbonyl (C=O) groups is 1. The van der Waals surface area contributed by atoms with E-state index in [4.69, 9.17) is 9.72 Å². The maximum Gasteiger partial charge on any atom is 0.252 e. The monoisotopic (exact) mass is 404 g/mol. The van der Waals surface area contributed by atoms with Gasteiger partial charge in [-0.2, -0.15) is 0 Å². The van der Waals surface area contributed by atoms with Crippen molar-refractivity contribution in [2.45, 2.75) is 32.5 Å². The SMILES string of the molecule is CC1CN(CCCNC(=O)c2cc(-c3cccnc3)nc3ccccc23)CC(C)O1. The molecule has 156 valence electrons. The molecule has 4 rings (SSSR count). The number of pyridine rings is 2. The summed E-state index contributed by atoms with van der Waals surface area (Å²) >= 11 is 0. The summed E-state index contributed by atoms with van der Waals surface area (Å²) in [6.45, 7) is 7.70. The largest absolute Gasteiger partial charge is 0.373 e. The molecule has 6 nitrogen and oxygen atoms in total. The summed E-state index contributed by atoms with van der Waals surface area (Å²) in [4.78, 5) is 24.3. The average molecular weight is 405 g/mol. The number of carbonyl (C=O) groups excluding carboxylic acids is 1. The van der Waals surface area contributed by atoms with Gasteiger partial charge in [-0.15, -0.1) is 0 Å². The van der Waals surface area contributed by atoms with Crippen molar-refractivity contribution in [1.29, 1.82) is 0 Å². The molecule has 2 unspecified atom stereocenters. The van der Waals surface area contributed by atoms with E-state index in [1.807, 2.05) is 42.5 Å². The maximum atomic E-state index is 13.0. The molecule has 0 radical (unpaired) electrons. The van der Waals surface area contributed by atoms with Gasteiger partial charge in [-0.25, -0.2) is 4.98 Å². The quantitative estimate of drug-likeness (QED) is 0.637. The normalized spacial score (nSPS) is 19.7. The lowest BCUT2D eigenvalue weighted by Gasteiger charge is -2.35. The predicted molar refractivity (Wildman–Crippen MR) is 118 cm³/mol. The van der Waals surface area contributed by atoms with E-state index in [1.54, 1.807) is 12.4 Å². The predicted octanol–water partition coefficient (Wildman–Crippen LogP) is 3.53. The van der Waals surface area contributed by atoms with Crippen molar-refractivity contribution in [2.75, 3.05) is 26.2 Å². The highest BCUT2D eigenvalue weighted by atomic mass is 16.5. The molecule has 3 heterocycles. The van der Waals surface area contributed by atoms with Gasteiger partial charge in [0, 0.05) is 49.5 Å². The van der Waals surface area contributed by atoms with Crippen molar-refractivity contribution < 1.29 is 9.53 Å². The molecule has 30 heavy (non-hydrogen) atoms. The summed E-state index contributed by atoms with van der Waals surface area (Å²) in [6.07, 6.45) is 4.93. The van der Waals surface area contributed by atoms with Crippen molar-refractivity contribution in [3.8, 4) is 11.3 Å². The molecule has 0 spiro atoms. The Kier molecular flexibility index (Phi) is 6.35. The number of hydrogen-bond acceptors (Lipinski definition) is 5. The third-order valence-electron chi connectivity index (χ3n) is 5.35. The first-order valence-corrected chi connectivity index (χ1v) is 10.6. The Morgan fingerprint density at radius 2 is 1.97 bits per heavy atom. The lowest BCUT2D eigenvalue weighted by molar-refractivity contribution is -0.0679. The zero-order valence-corrected chi connectivity index (χ0v) is 17.5. The molecule has 1 aromatic carbocycles. The third kappa shape index (κ3) is 4.83. The van der Waals surface area contributed by atoms with Gasteiger partial charge in [0.15, 0.2) is 0 Å². The van der Waals surface area contributed by atoms with Gasteiger partial charge in [0.2, 0.25) is 0 Å². The van der Waals surface area contributed by atoms with Gasteiger partial charge < -0.3 is 10.1 Å². The summed E-state index contributed by atoms with van der Waals surface area (Å²) in [5.41, 5.74) is 3.10. The van der Waals surface area contributed by atoms with E-state index in [2.05, 4.69) is 29.0 Å². The van der Waals surface area contributed by atoms with Crippen LogP contribution in [-0.2, 0) is 4.74 Å². The highest BCUT2D eigenvalue weighted by Gasteiger charge is 2.21. The smallest absolute Gasteiger partial charge is 0.252 e. The number of morpholine rings is 1. The number of fused-ring (bicyclic) bond motifs is 1. The zero-order chi connectivity index (χ0) is 20.9. The van der Waals surface area contributed by atoms with E-state index in [1.165, 1.54) is 0 Å². The van der Waals surface area contributed by atoms with Crippen LogP contribution in [0.1, 0.15) is 30.6 Å². The highest BCUT2D eigenvalue weighted by molar-refractivity contribution is 6.07. The Labute approximate surface area is 177 Å². The van der Waals surface area contributed by atoms with Crippen LogP contribution in [0.5, 0.6) is 0 Å². The topological polar surface area (TPSA) is 67.4 Å². The lowest BCUT2D eigenvalue weighted by Crippen LogP contribution is -2.46. The van der Waals surface area contributed by atoms with Crippen LogP contribution in [0.15, 0.2) is 54.9 Å². The van der Waals surface area contributed by atoms with Crippen molar-refractivity contribution >= 4 is 16.8 Å². The number of nitrogens with zero attached hydrogens (tertiary/aromatic N) is 3. The minimum absolute atomic E-state index is 0.0672. The number of rotatable bonds is 6. The van der Waals surface area contributed by atoms with Crippen LogP contribution in [-0.4, -0.2) is 59.2 Å². The van der Waals surface area contributed by atoms with Gasteiger partial charge in [-0.05, 0) is 44.5 Å². The summed E-state index contributed by atoms with van der Waals surface area (Å²) in [5, 5.41) is 3.95. The Balaban J connectivity index is 1.45. The van der Waals surface area contributed by atoms with Crippen molar-refractivity contribution in [3.05, 3.63) is 60.4 Å². The number of benzene rings is 1. The van der Waals surface area contributed by atoms with Gasteiger partial charge >= 0.3 is 0 Å². The fourth-order valence-electron chi connectivity index (χ4n) is 4.09. The van der Waals surface area contributed by atoms with Crippen molar-refractivity contribution in [2.24, 2.45) is 0 Å². The number of aromatic nitrogens is 2. The van der Waals surface area contributed by atoms with Gasteiger partial charge in [0.25, 0.3) is 5.91 Å². The molecule has 6 heteroatoms. The fourth-order valence-corrected chi connectivity index (χ4v) is 4.09. The minimum atomic E-state index is -0.0672. The van der Waals surface area contributed by atoms with Crippen LogP contribution in [0.4, 0.5) is 0 Å². The van der Waals surface area contributed by atoms with Crippen LogP contribution in [0.25, 0.3) is 22.2 Å². The summed E-state index contributed by atoms with van der Waals surface area (Å²) < 4.78 is 5.79. The van der Waals surface area contributed by atoms with Gasteiger partial charge in [-0.1, -0.05) is 18.2 Å². The molecule has 1 aliphatic rings. The number of ether oxygens (including phenoxy) is 1. The number of hydrogen-bond donors (Lipinski definition) is 1. The van der Waals surface area contributed by atoms with Gasteiger partial charge in [-0.3, -0.25) is 14.7 Å². The second kappa shape index (κ2) is 9.32. The molecule has 0 aliphatic carbocycles. The molecule has 2 atom stereocenters. The molecule has 2 aromatic heterocycles. The minimum Gasteiger partial charge on any atom is -0.373 e. The second-order valence-corrected chi connectivity index (χ2v) is 7.94. The Bertz CT molecular complexity index is 999. The standard InChI is InChI=1S/C24H28N4O2/c1-17-15-28(16-18(2)30-17)12-6-11-26-24(29)21-13-23(19-7-5-10-25-14-19)27-22-9-4-3-8-20(21)22/h3-5,7-10,13-14,17-18H,6,11-12,15-16H2,1-2H3,(H,26,29). The molecule has 1 aliphatic heterocycles. The first kappa shape index (κ1) is 20.4. The molecule has 1 N–H and O–H groups in total. The molecule has 1 fully saturated rings. The Hall–Kier alpha value is -2.83. The zero-order valence-electron chi connectivity index (χ0n) is 17.5. The first-order valence-electron chi connectivity index (χ1n) is 10.6. The first-order chi connectivity index (χ1) is 14.6. The molecular weight excluding hydrogens is 376 g/mol. The van der Waals surface area contributed by atoms with E-state index in [0.717, 1.165) is 48.2 Å². The van der Waals surface area contributed by atoms with Crippen molar-refractivity contribution in [1.82, 2.24) is 20.2 Å². The lowest BCUT2D eigenvalue weighted by atomic mass is 10.0. The van der Waals surface area contributed by atoms with Gasteiger partial charge in [0.1, 0.15) is 0 Å². The fraction of sp³-hybridized carbons (Fsp3) is 0.375. The van der Waals surface area contributed by atoms with E-state index >= 15 is 0 Å². The number of para-hydroxylation sites is 1. The van der Waals surface area contributed by atoms with Crippen molar-refractivity contribution in [3.63, 3.8) is 0 Å². The van der Waals surface area contributed by atoms with Gasteiger partial charge in [0.05, 0.1) is 29.0 Å². The summed E-state index contributed by atoms with van der Waals surface area (Å²) in [5.74, 6) is -0.0672. The second-order valence-electron chi connectivity index (χ2n) is 7.94. The van der Waals surface area contributed by atoms with Crippen LogP contribution in [0.2, 0.25) is 0 Å². The maximum absolute atomic E-state index is 13.0. The van der Waals surface area contributed by atoms with E-state index in [-0.39, 0.29) is 18.1 Å². The highest BCUT2D eigenvalue weighted by Crippen LogP contribution is 2.24. The Morgan fingerprint density at radius 3 is 2.73 bits per heavy atom. The average Bonchev–Trinajstić information content (AvgIpc) is 2.76. The van der Waals surface area contributed by atoms with E-state index < -0.39 is 0 Å². The molecule has 0 bridgehead atoms. The Morgan fingerprint density at radius 1 is 1.17 bits per heavy atom. The van der Waals surface area contributed by atoms with E-state index in [9.17, 15) is 4.79 Å². The van der Waals surface area contributed by atoms with Crippen LogP contribution >= 0.6 is 0 Å². The summed E-state index contributed by atoms with van der Waals surface area (Å²) in [7, 11) is 0. The molecular formula is C24H28N4O2. The van der Waals surface area contributed by atoms with Crippen LogP contribution in [0.3, 0.4) is 0 Å². The molecule has 0 saturated carbocycles. The van der Waals surface area contributed by atoms with Crippen LogP contribution < -0.4 is 5.32 Å². The summed E-state index contributed by atoms with van der Waals surface area (Å²) in [6, 6.07) is 13.4. The molecule has 1 saturated heterocycles. The number of amides is 1. The van der Waals surface area contributed by atoms with Crippen LogP contribution in [0, 0.1) is 0 Å². The third-order valence-corrected chi connectivity index (χ3v) is 5.35. The molecule has 1 amide bonds. The molecule has 3 aromatic rings.